The molecule has 1 amide bonds. The second-order valence-corrected chi connectivity index (χ2v) is 5.74. The van der Waals surface area contributed by atoms with Gasteiger partial charge in [0.15, 0.2) is 0 Å². The Morgan fingerprint density at radius 3 is 2.94 bits per heavy atom. The van der Waals surface area contributed by atoms with Crippen molar-refractivity contribution < 1.29 is 4.79 Å². The van der Waals surface area contributed by atoms with Crippen LogP contribution in [-0.4, -0.2) is 18.5 Å². The van der Waals surface area contributed by atoms with E-state index < -0.39 is 0 Å². The van der Waals surface area contributed by atoms with Gasteiger partial charge in [-0.05, 0) is 37.5 Å². The fourth-order valence-corrected chi connectivity index (χ4v) is 2.27. The molecule has 1 atom stereocenters. The van der Waals surface area contributed by atoms with Gasteiger partial charge < -0.3 is 10.6 Å². The zero-order valence-electron chi connectivity index (χ0n) is 10.6. The van der Waals surface area contributed by atoms with Crippen LogP contribution in [0, 0.1) is 0 Å². The zero-order valence-corrected chi connectivity index (χ0v) is 12.2. The lowest BCUT2D eigenvalue weighted by atomic mass is 10.1. The zero-order chi connectivity index (χ0) is 13.0. The minimum absolute atomic E-state index is 0.0518. The van der Waals surface area contributed by atoms with Gasteiger partial charge in [-0.1, -0.05) is 28.1 Å². The van der Waals surface area contributed by atoms with Crippen molar-refractivity contribution in [2.45, 2.75) is 38.3 Å². The number of halogens is 1. The maximum atomic E-state index is 11.8. The van der Waals surface area contributed by atoms with Gasteiger partial charge in [0.05, 0.1) is 6.04 Å². The van der Waals surface area contributed by atoms with Crippen molar-refractivity contribution in [1.82, 2.24) is 10.6 Å². The molecule has 1 fully saturated rings. The third-order valence-electron chi connectivity index (χ3n) is 3.09. The Morgan fingerprint density at radius 1 is 1.50 bits per heavy atom. The van der Waals surface area contributed by atoms with E-state index in [-0.39, 0.29) is 11.9 Å². The molecule has 0 aliphatic heterocycles. The van der Waals surface area contributed by atoms with Crippen molar-refractivity contribution in [3.05, 3.63) is 34.3 Å². The predicted molar refractivity (Wildman–Crippen MR) is 76.3 cm³/mol. The molecule has 4 heteroatoms. The Morgan fingerprint density at radius 2 is 2.28 bits per heavy atom. The van der Waals surface area contributed by atoms with Crippen molar-refractivity contribution in [3.63, 3.8) is 0 Å². The molecule has 1 aromatic rings. The lowest BCUT2D eigenvalue weighted by Gasteiger charge is -2.14. The van der Waals surface area contributed by atoms with Crippen LogP contribution in [0.15, 0.2) is 28.7 Å². The van der Waals surface area contributed by atoms with Gasteiger partial charge in [-0.15, -0.1) is 0 Å². The molecule has 1 aliphatic carbocycles. The van der Waals surface area contributed by atoms with E-state index in [0.717, 1.165) is 16.6 Å². The highest BCUT2D eigenvalue weighted by molar-refractivity contribution is 9.10. The number of carbonyl (C=O) groups is 1. The Hall–Kier alpha value is -0.870. The normalized spacial score (nSPS) is 16.3. The summed E-state index contributed by atoms with van der Waals surface area (Å²) in [6.07, 6.45) is 3.07. The van der Waals surface area contributed by atoms with Crippen molar-refractivity contribution in [3.8, 4) is 0 Å². The van der Waals surface area contributed by atoms with Crippen LogP contribution in [0.1, 0.15) is 37.8 Å². The maximum absolute atomic E-state index is 11.8. The molecule has 0 aromatic heterocycles. The van der Waals surface area contributed by atoms with Crippen LogP contribution in [0.25, 0.3) is 0 Å². The minimum atomic E-state index is 0.0518. The topological polar surface area (TPSA) is 41.1 Å². The summed E-state index contributed by atoms with van der Waals surface area (Å²) in [5.41, 5.74) is 1.12. The van der Waals surface area contributed by atoms with Crippen molar-refractivity contribution in [2.24, 2.45) is 0 Å². The predicted octanol–water partition coefficient (Wildman–Crippen LogP) is 2.77. The summed E-state index contributed by atoms with van der Waals surface area (Å²) in [6.45, 7) is 2.79. The molecule has 1 saturated carbocycles. The molecule has 0 bridgehead atoms. The quantitative estimate of drug-likeness (QED) is 0.848. The van der Waals surface area contributed by atoms with Gasteiger partial charge in [-0.25, -0.2) is 0 Å². The first-order valence-electron chi connectivity index (χ1n) is 6.43. The van der Waals surface area contributed by atoms with Crippen molar-refractivity contribution in [2.75, 3.05) is 6.54 Å². The van der Waals surface area contributed by atoms with Gasteiger partial charge in [-0.2, -0.15) is 0 Å². The highest BCUT2D eigenvalue weighted by atomic mass is 79.9. The average molecular weight is 311 g/mol. The molecule has 0 saturated heterocycles. The van der Waals surface area contributed by atoms with Crippen LogP contribution >= 0.6 is 15.9 Å². The van der Waals surface area contributed by atoms with Crippen LogP contribution < -0.4 is 10.6 Å². The van der Waals surface area contributed by atoms with E-state index in [9.17, 15) is 4.79 Å². The Balaban J connectivity index is 1.75. The van der Waals surface area contributed by atoms with Gasteiger partial charge in [0.2, 0.25) is 5.91 Å². The fourth-order valence-electron chi connectivity index (χ4n) is 1.85. The number of nitrogens with one attached hydrogen (secondary N) is 2. The highest BCUT2D eigenvalue weighted by Crippen LogP contribution is 2.19. The third kappa shape index (κ3) is 4.42. The lowest BCUT2D eigenvalue weighted by molar-refractivity contribution is -0.121. The Bertz CT molecular complexity index is 418. The Kier molecular flexibility index (Phi) is 4.78. The summed E-state index contributed by atoms with van der Waals surface area (Å²) in [5, 5.41) is 6.36. The lowest BCUT2D eigenvalue weighted by Crippen LogP contribution is -2.30. The second kappa shape index (κ2) is 6.34. The van der Waals surface area contributed by atoms with E-state index in [2.05, 4.69) is 26.6 Å². The molecule has 1 aliphatic rings. The summed E-state index contributed by atoms with van der Waals surface area (Å²) in [4.78, 5) is 11.8. The smallest absolute Gasteiger partial charge is 0.221 e. The van der Waals surface area contributed by atoms with Crippen molar-refractivity contribution in [1.29, 1.82) is 0 Å². The number of carbonyl (C=O) groups excluding carboxylic acids is 1. The molecule has 1 aromatic carbocycles. The fraction of sp³-hybridized carbons (Fsp3) is 0.500. The first-order valence-corrected chi connectivity index (χ1v) is 7.22. The third-order valence-corrected chi connectivity index (χ3v) is 3.58. The molecule has 2 N–H and O–H groups in total. The summed E-state index contributed by atoms with van der Waals surface area (Å²) < 4.78 is 1.04. The molecular formula is C14H19BrN2O. The largest absolute Gasteiger partial charge is 0.350 e. The average Bonchev–Trinajstić information content (AvgIpc) is 3.13. The van der Waals surface area contributed by atoms with E-state index in [0.29, 0.717) is 12.5 Å². The second-order valence-electron chi connectivity index (χ2n) is 4.82. The van der Waals surface area contributed by atoms with E-state index >= 15 is 0 Å². The van der Waals surface area contributed by atoms with Crippen LogP contribution in [0.5, 0.6) is 0 Å². The van der Waals surface area contributed by atoms with Crippen LogP contribution in [0.2, 0.25) is 0 Å². The minimum Gasteiger partial charge on any atom is -0.350 e. The van der Waals surface area contributed by atoms with E-state index in [1.54, 1.807) is 0 Å². The summed E-state index contributed by atoms with van der Waals surface area (Å²) in [5.74, 6) is 0.107. The van der Waals surface area contributed by atoms with E-state index in [1.165, 1.54) is 12.8 Å². The Labute approximate surface area is 116 Å². The molecule has 0 heterocycles. The van der Waals surface area contributed by atoms with Gasteiger partial charge >= 0.3 is 0 Å². The van der Waals surface area contributed by atoms with Gasteiger partial charge in [0.25, 0.3) is 0 Å². The summed E-state index contributed by atoms with van der Waals surface area (Å²) in [7, 11) is 0. The standard InChI is InChI=1S/C14H19BrN2O/c1-10(11-3-2-4-12(15)9-11)17-14(18)7-8-16-13-5-6-13/h2-4,9-10,13,16H,5-8H2,1H3,(H,17,18). The first-order chi connectivity index (χ1) is 8.65. The highest BCUT2D eigenvalue weighted by Gasteiger charge is 2.20. The van der Waals surface area contributed by atoms with Crippen molar-refractivity contribution >= 4 is 21.8 Å². The van der Waals surface area contributed by atoms with E-state index in [1.807, 2.05) is 31.2 Å². The van der Waals surface area contributed by atoms with Gasteiger partial charge in [0.1, 0.15) is 0 Å². The molecule has 18 heavy (non-hydrogen) atoms. The van der Waals surface area contributed by atoms with Gasteiger partial charge in [0, 0.05) is 23.5 Å². The molecule has 1 unspecified atom stereocenters. The number of hydrogen-bond donors (Lipinski definition) is 2. The number of hydrogen-bond acceptors (Lipinski definition) is 2. The summed E-state index contributed by atoms with van der Waals surface area (Å²) >= 11 is 3.44. The number of rotatable bonds is 6. The number of amides is 1. The van der Waals surface area contributed by atoms with E-state index in [4.69, 9.17) is 0 Å². The van der Waals surface area contributed by atoms with Crippen LogP contribution in [0.3, 0.4) is 0 Å². The molecule has 3 nitrogen and oxygen atoms in total. The molecule has 0 spiro atoms. The SMILES string of the molecule is CC(NC(=O)CCNC1CC1)c1cccc(Br)c1. The monoisotopic (exact) mass is 310 g/mol. The maximum Gasteiger partial charge on any atom is 0.221 e. The first kappa shape index (κ1) is 13.6. The molecule has 0 radical (unpaired) electrons. The molecule has 98 valence electrons. The van der Waals surface area contributed by atoms with Crippen LogP contribution in [0.4, 0.5) is 0 Å². The molecule has 2 rings (SSSR count). The molecular weight excluding hydrogens is 292 g/mol. The number of benzene rings is 1. The van der Waals surface area contributed by atoms with Gasteiger partial charge in [-0.3, -0.25) is 4.79 Å². The summed E-state index contributed by atoms with van der Waals surface area (Å²) in [6, 6.07) is 8.75. The van der Waals surface area contributed by atoms with Crippen LogP contribution in [-0.2, 0) is 4.79 Å².